The fourth-order valence-corrected chi connectivity index (χ4v) is 3.81. The van der Waals surface area contributed by atoms with Gasteiger partial charge in [0.15, 0.2) is 0 Å². The minimum absolute atomic E-state index is 0.231. The van der Waals surface area contributed by atoms with Crippen LogP contribution < -0.4 is 4.74 Å². The van der Waals surface area contributed by atoms with Crippen molar-refractivity contribution in [2.75, 3.05) is 26.9 Å². The number of ether oxygens (including phenoxy) is 2. The van der Waals surface area contributed by atoms with Gasteiger partial charge in [0.1, 0.15) is 5.75 Å². The fourth-order valence-electron chi connectivity index (χ4n) is 2.31. The number of nitrogens with zero attached hydrogens (tertiary/aromatic N) is 1. The Bertz CT molecular complexity index is 740. The Kier molecular flexibility index (Phi) is 6.42. The van der Waals surface area contributed by atoms with E-state index in [9.17, 15) is 8.42 Å². The van der Waals surface area contributed by atoms with Gasteiger partial charge in [-0.1, -0.05) is 0 Å². The zero-order valence-electron chi connectivity index (χ0n) is 14.2. The van der Waals surface area contributed by atoms with Gasteiger partial charge in [0, 0.05) is 25.8 Å². The van der Waals surface area contributed by atoms with E-state index >= 15 is 0 Å². The predicted octanol–water partition coefficient (Wildman–Crippen LogP) is 2.82. The third-order valence-corrected chi connectivity index (χ3v) is 5.41. The van der Waals surface area contributed by atoms with Crippen LogP contribution >= 0.6 is 0 Å². The van der Waals surface area contributed by atoms with Gasteiger partial charge in [0.05, 0.1) is 30.6 Å². The van der Waals surface area contributed by atoms with E-state index in [4.69, 9.17) is 13.9 Å². The third-order valence-electron chi connectivity index (χ3n) is 3.57. The molecule has 2 rings (SSSR count). The largest absolute Gasteiger partial charge is 0.494 e. The lowest BCUT2D eigenvalue weighted by Gasteiger charge is -2.22. The Morgan fingerprint density at radius 2 is 2.04 bits per heavy atom. The van der Waals surface area contributed by atoms with Crippen LogP contribution in [0.25, 0.3) is 0 Å². The van der Waals surface area contributed by atoms with E-state index in [1.807, 2.05) is 13.8 Å². The molecule has 132 valence electrons. The minimum Gasteiger partial charge on any atom is -0.494 e. The van der Waals surface area contributed by atoms with E-state index < -0.39 is 10.0 Å². The summed E-state index contributed by atoms with van der Waals surface area (Å²) < 4.78 is 42.9. The standard InChI is InChI=1S/C17H23NO5S/c1-4-23-17-6-5-16(11-14(17)2)24(19,20)18(8-10-21-3)12-15-7-9-22-13-15/h5-7,9,11,13H,4,8,10,12H2,1-3H3. The van der Waals surface area contributed by atoms with Crippen LogP contribution in [0.5, 0.6) is 5.75 Å². The Morgan fingerprint density at radius 3 is 2.62 bits per heavy atom. The lowest BCUT2D eigenvalue weighted by Crippen LogP contribution is -2.33. The molecule has 2 aromatic rings. The van der Waals surface area contributed by atoms with Crippen LogP contribution in [0.4, 0.5) is 0 Å². The molecule has 0 aliphatic rings. The molecule has 0 unspecified atom stereocenters. The van der Waals surface area contributed by atoms with Crippen LogP contribution in [-0.4, -0.2) is 39.6 Å². The summed E-state index contributed by atoms with van der Waals surface area (Å²) in [6, 6.07) is 6.65. The van der Waals surface area contributed by atoms with Gasteiger partial charge < -0.3 is 13.9 Å². The number of aryl methyl sites for hydroxylation is 1. The van der Waals surface area contributed by atoms with Gasteiger partial charge in [-0.2, -0.15) is 4.31 Å². The van der Waals surface area contributed by atoms with Crippen LogP contribution in [0.2, 0.25) is 0 Å². The van der Waals surface area contributed by atoms with Gasteiger partial charge in [-0.3, -0.25) is 0 Å². The second-order valence-corrected chi connectivity index (χ2v) is 7.26. The number of benzene rings is 1. The lowest BCUT2D eigenvalue weighted by molar-refractivity contribution is 0.177. The molecule has 0 saturated carbocycles. The second-order valence-electron chi connectivity index (χ2n) is 5.32. The van der Waals surface area contributed by atoms with Gasteiger partial charge in [0.2, 0.25) is 10.0 Å². The highest BCUT2D eigenvalue weighted by molar-refractivity contribution is 7.89. The average Bonchev–Trinajstić information content (AvgIpc) is 3.06. The highest BCUT2D eigenvalue weighted by Gasteiger charge is 2.25. The van der Waals surface area contributed by atoms with E-state index in [2.05, 4.69) is 0 Å². The van der Waals surface area contributed by atoms with Crippen LogP contribution in [0.3, 0.4) is 0 Å². The van der Waals surface area contributed by atoms with E-state index in [-0.39, 0.29) is 18.0 Å². The van der Waals surface area contributed by atoms with Gasteiger partial charge in [-0.05, 0) is 43.7 Å². The summed E-state index contributed by atoms with van der Waals surface area (Å²) in [6.07, 6.45) is 3.07. The number of methoxy groups -OCH3 is 1. The highest BCUT2D eigenvalue weighted by atomic mass is 32.2. The number of sulfonamides is 1. The van der Waals surface area contributed by atoms with Crippen molar-refractivity contribution in [2.45, 2.75) is 25.3 Å². The third kappa shape index (κ3) is 4.37. The van der Waals surface area contributed by atoms with Crippen molar-refractivity contribution >= 4 is 10.0 Å². The first-order valence-corrected chi connectivity index (χ1v) is 9.16. The molecule has 1 aromatic heterocycles. The van der Waals surface area contributed by atoms with Crippen molar-refractivity contribution in [3.05, 3.63) is 47.9 Å². The normalized spacial score (nSPS) is 11.8. The second kappa shape index (κ2) is 8.32. The Labute approximate surface area is 143 Å². The molecule has 0 radical (unpaired) electrons. The molecule has 0 aliphatic heterocycles. The van der Waals surface area contributed by atoms with Crippen molar-refractivity contribution in [2.24, 2.45) is 0 Å². The molecule has 0 spiro atoms. The molecule has 0 bridgehead atoms. The molecule has 0 saturated heterocycles. The SMILES string of the molecule is CCOc1ccc(S(=O)(=O)N(CCOC)Cc2ccoc2)cc1C. The van der Waals surface area contributed by atoms with E-state index in [0.29, 0.717) is 19.0 Å². The Hall–Kier alpha value is -1.83. The number of furan rings is 1. The van der Waals surface area contributed by atoms with Crippen LogP contribution in [0, 0.1) is 6.92 Å². The molecular weight excluding hydrogens is 330 g/mol. The number of hydrogen-bond acceptors (Lipinski definition) is 5. The van der Waals surface area contributed by atoms with Crippen LogP contribution in [0.15, 0.2) is 46.1 Å². The van der Waals surface area contributed by atoms with Crippen LogP contribution in [0.1, 0.15) is 18.1 Å². The van der Waals surface area contributed by atoms with Crippen molar-refractivity contribution in [1.82, 2.24) is 4.31 Å². The summed E-state index contributed by atoms with van der Waals surface area (Å²) in [6.45, 7) is 5.06. The topological polar surface area (TPSA) is 69.0 Å². The van der Waals surface area contributed by atoms with Gasteiger partial charge >= 0.3 is 0 Å². The molecule has 7 heteroatoms. The van der Waals surface area contributed by atoms with Crippen molar-refractivity contribution in [3.8, 4) is 5.75 Å². The van der Waals surface area contributed by atoms with E-state index in [1.54, 1.807) is 37.6 Å². The van der Waals surface area contributed by atoms with Gasteiger partial charge in [-0.15, -0.1) is 0 Å². The summed E-state index contributed by atoms with van der Waals surface area (Å²) in [7, 11) is -2.10. The minimum atomic E-state index is -3.65. The maximum absolute atomic E-state index is 13.0. The first-order valence-electron chi connectivity index (χ1n) is 7.72. The maximum atomic E-state index is 13.0. The molecular formula is C17H23NO5S. The molecule has 0 amide bonds. The molecule has 0 fully saturated rings. The Balaban J connectivity index is 2.30. The fraction of sp³-hybridized carbons (Fsp3) is 0.412. The maximum Gasteiger partial charge on any atom is 0.243 e. The highest BCUT2D eigenvalue weighted by Crippen LogP contribution is 2.25. The molecule has 0 atom stereocenters. The molecule has 1 aromatic carbocycles. The van der Waals surface area contributed by atoms with E-state index in [0.717, 1.165) is 11.1 Å². The van der Waals surface area contributed by atoms with Crippen molar-refractivity contribution in [3.63, 3.8) is 0 Å². The predicted molar refractivity (Wildman–Crippen MR) is 90.5 cm³/mol. The zero-order valence-corrected chi connectivity index (χ0v) is 15.0. The number of hydrogen-bond donors (Lipinski definition) is 0. The van der Waals surface area contributed by atoms with Gasteiger partial charge in [-0.25, -0.2) is 8.42 Å². The molecule has 1 heterocycles. The molecule has 24 heavy (non-hydrogen) atoms. The smallest absolute Gasteiger partial charge is 0.243 e. The van der Waals surface area contributed by atoms with Crippen LogP contribution in [-0.2, 0) is 21.3 Å². The molecule has 6 nitrogen and oxygen atoms in total. The quantitative estimate of drug-likeness (QED) is 0.693. The molecule has 0 aliphatic carbocycles. The summed E-state index contributed by atoms with van der Waals surface area (Å²) in [5, 5.41) is 0. The van der Waals surface area contributed by atoms with Crippen molar-refractivity contribution in [1.29, 1.82) is 0 Å². The first-order chi connectivity index (χ1) is 11.5. The number of rotatable bonds is 9. The lowest BCUT2D eigenvalue weighted by atomic mass is 10.2. The van der Waals surface area contributed by atoms with E-state index in [1.165, 1.54) is 10.6 Å². The average molecular weight is 353 g/mol. The molecule has 0 N–H and O–H groups in total. The summed E-state index contributed by atoms with van der Waals surface area (Å²) in [5.74, 6) is 0.690. The summed E-state index contributed by atoms with van der Waals surface area (Å²) in [5.41, 5.74) is 1.57. The summed E-state index contributed by atoms with van der Waals surface area (Å²) in [4.78, 5) is 0.239. The zero-order chi connectivity index (χ0) is 17.6. The summed E-state index contributed by atoms with van der Waals surface area (Å²) >= 11 is 0. The first kappa shape index (κ1) is 18.5. The van der Waals surface area contributed by atoms with Crippen molar-refractivity contribution < 1.29 is 22.3 Å². The Morgan fingerprint density at radius 1 is 1.25 bits per heavy atom. The monoisotopic (exact) mass is 353 g/mol. The van der Waals surface area contributed by atoms with Gasteiger partial charge in [0.25, 0.3) is 0 Å².